The van der Waals surface area contributed by atoms with Gasteiger partial charge < -0.3 is 5.32 Å². The predicted molar refractivity (Wildman–Crippen MR) is 119 cm³/mol. The molecule has 2 aromatic heterocycles. The lowest BCUT2D eigenvalue weighted by molar-refractivity contribution is -0.116. The van der Waals surface area contributed by atoms with E-state index in [1.165, 1.54) is 10.2 Å². The van der Waals surface area contributed by atoms with Crippen LogP contribution in [0.15, 0.2) is 65.6 Å². The molecular formula is C24H24N4O2. The first-order chi connectivity index (χ1) is 14.5. The molecule has 0 saturated carbocycles. The number of amides is 1. The molecule has 0 radical (unpaired) electrons. The number of anilines is 1. The number of nitrogens with zero attached hydrogens (tertiary/aromatic N) is 3. The lowest BCUT2D eigenvalue weighted by Crippen LogP contribution is -2.27. The molecule has 0 fully saturated rings. The van der Waals surface area contributed by atoms with Crippen LogP contribution in [-0.2, 0) is 17.8 Å². The molecule has 30 heavy (non-hydrogen) atoms. The number of fused-ring (bicyclic) bond motifs is 1. The fourth-order valence-electron chi connectivity index (χ4n) is 3.56. The molecule has 0 bridgehead atoms. The Morgan fingerprint density at radius 1 is 1.07 bits per heavy atom. The number of benzene rings is 2. The minimum atomic E-state index is -0.217. The van der Waals surface area contributed by atoms with Crippen LogP contribution >= 0.6 is 0 Å². The summed E-state index contributed by atoms with van der Waals surface area (Å²) in [5, 5.41) is 3.45. The summed E-state index contributed by atoms with van der Waals surface area (Å²) >= 11 is 0. The maximum Gasteiger partial charge on any atom is 0.280 e. The Morgan fingerprint density at radius 2 is 1.83 bits per heavy atom. The van der Waals surface area contributed by atoms with Crippen molar-refractivity contribution in [3.05, 3.63) is 87.8 Å². The zero-order valence-corrected chi connectivity index (χ0v) is 17.3. The van der Waals surface area contributed by atoms with Crippen molar-refractivity contribution in [2.24, 2.45) is 0 Å². The molecule has 152 valence electrons. The maximum absolute atomic E-state index is 13.1. The second kappa shape index (κ2) is 7.99. The number of carbonyl (C=O) groups excluding carboxylic acids is 1. The summed E-state index contributed by atoms with van der Waals surface area (Å²) in [5.41, 5.74) is 4.99. The average Bonchev–Trinajstić information content (AvgIpc) is 3.02. The number of hydrogen-bond acceptors (Lipinski definition) is 3. The number of aromatic nitrogens is 3. The molecule has 6 nitrogen and oxygen atoms in total. The van der Waals surface area contributed by atoms with Crippen molar-refractivity contribution in [3.63, 3.8) is 0 Å². The summed E-state index contributed by atoms with van der Waals surface area (Å²) in [6.07, 6.45) is 2.55. The Hall–Kier alpha value is -3.67. The van der Waals surface area contributed by atoms with E-state index in [1.54, 1.807) is 23.0 Å². The Kier molecular flexibility index (Phi) is 5.23. The summed E-state index contributed by atoms with van der Waals surface area (Å²) in [6.45, 7) is 5.99. The van der Waals surface area contributed by atoms with Crippen molar-refractivity contribution in [2.75, 3.05) is 5.32 Å². The third kappa shape index (κ3) is 3.64. The third-order valence-corrected chi connectivity index (χ3v) is 5.25. The SMILES string of the molecule is CCc1ccc(-n2c(=O)c3cccnc3n2CC(=O)Nc2cc(C)ccc2C)cc1. The van der Waals surface area contributed by atoms with Crippen LogP contribution in [0, 0.1) is 13.8 Å². The number of rotatable bonds is 5. The standard InChI is InChI=1S/C24H24N4O2/c1-4-18-9-11-19(12-10-18)28-24(30)20-6-5-13-25-23(20)27(28)15-22(29)26-21-14-16(2)7-8-17(21)3/h5-14H,4,15H2,1-3H3,(H,26,29). The van der Waals surface area contributed by atoms with Gasteiger partial charge in [0.25, 0.3) is 5.56 Å². The van der Waals surface area contributed by atoms with Crippen LogP contribution in [-0.4, -0.2) is 20.3 Å². The maximum atomic E-state index is 13.1. The monoisotopic (exact) mass is 400 g/mol. The van der Waals surface area contributed by atoms with Crippen LogP contribution in [0.25, 0.3) is 16.7 Å². The highest BCUT2D eigenvalue weighted by molar-refractivity contribution is 5.92. The van der Waals surface area contributed by atoms with E-state index in [4.69, 9.17) is 0 Å². The molecule has 0 aliphatic carbocycles. The minimum Gasteiger partial charge on any atom is -0.324 e. The molecule has 1 amide bonds. The van der Waals surface area contributed by atoms with E-state index in [0.29, 0.717) is 16.7 Å². The highest BCUT2D eigenvalue weighted by atomic mass is 16.2. The molecule has 0 aliphatic heterocycles. The summed E-state index contributed by atoms with van der Waals surface area (Å²) in [7, 11) is 0. The minimum absolute atomic E-state index is 0.0291. The molecule has 0 spiro atoms. The predicted octanol–water partition coefficient (Wildman–Crippen LogP) is 4.01. The van der Waals surface area contributed by atoms with Gasteiger partial charge in [-0.05, 0) is 67.3 Å². The van der Waals surface area contributed by atoms with E-state index in [1.807, 2.05) is 56.3 Å². The summed E-state index contributed by atoms with van der Waals surface area (Å²) < 4.78 is 3.17. The molecule has 6 heteroatoms. The first kappa shape index (κ1) is 19.6. The van der Waals surface area contributed by atoms with Gasteiger partial charge in [0.15, 0.2) is 5.65 Å². The first-order valence-electron chi connectivity index (χ1n) is 10.0. The van der Waals surface area contributed by atoms with E-state index in [-0.39, 0.29) is 18.0 Å². The molecule has 0 saturated heterocycles. The largest absolute Gasteiger partial charge is 0.324 e. The number of aryl methyl sites for hydroxylation is 3. The Bertz CT molecular complexity index is 1280. The van der Waals surface area contributed by atoms with Crippen LogP contribution in [0.2, 0.25) is 0 Å². The normalized spacial score (nSPS) is 11.0. The van der Waals surface area contributed by atoms with Gasteiger partial charge in [0.2, 0.25) is 5.91 Å². The van der Waals surface area contributed by atoms with Crippen molar-refractivity contribution in [2.45, 2.75) is 33.7 Å². The molecule has 4 aromatic rings. The third-order valence-electron chi connectivity index (χ3n) is 5.25. The van der Waals surface area contributed by atoms with E-state index in [2.05, 4.69) is 17.2 Å². The van der Waals surface area contributed by atoms with Gasteiger partial charge in [-0.2, -0.15) is 0 Å². The van der Waals surface area contributed by atoms with E-state index in [9.17, 15) is 9.59 Å². The van der Waals surface area contributed by atoms with Gasteiger partial charge in [-0.3, -0.25) is 14.3 Å². The van der Waals surface area contributed by atoms with Gasteiger partial charge in [0.05, 0.1) is 11.1 Å². The fraction of sp³-hybridized carbons (Fsp3) is 0.208. The van der Waals surface area contributed by atoms with E-state index in [0.717, 1.165) is 23.2 Å². The Balaban J connectivity index is 1.76. The molecule has 4 rings (SSSR count). The topological polar surface area (TPSA) is 68.9 Å². The summed E-state index contributed by atoms with van der Waals surface area (Å²) in [6, 6.07) is 17.2. The van der Waals surface area contributed by atoms with E-state index < -0.39 is 0 Å². The van der Waals surface area contributed by atoms with Crippen molar-refractivity contribution < 1.29 is 4.79 Å². The van der Waals surface area contributed by atoms with Gasteiger partial charge in [-0.1, -0.05) is 31.2 Å². The van der Waals surface area contributed by atoms with Crippen LogP contribution in [0.3, 0.4) is 0 Å². The van der Waals surface area contributed by atoms with Crippen molar-refractivity contribution in [1.82, 2.24) is 14.3 Å². The highest BCUT2D eigenvalue weighted by Gasteiger charge is 2.18. The van der Waals surface area contributed by atoms with Gasteiger partial charge in [-0.15, -0.1) is 0 Å². The lowest BCUT2D eigenvalue weighted by Gasteiger charge is -2.14. The smallest absolute Gasteiger partial charge is 0.280 e. The van der Waals surface area contributed by atoms with Crippen LogP contribution in [0.1, 0.15) is 23.6 Å². The van der Waals surface area contributed by atoms with Crippen LogP contribution in [0.5, 0.6) is 0 Å². The Morgan fingerprint density at radius 3 is 2.57 bits per heavy atom. The Labute approximate surface area is 174 Å². The number of carbonyl (C=O) groups is 1. The van der Waals surface area contributed by atoms with Gasteiger partial charge in [0.1, 0.15) is 6.54 Å². The number of nitrogens with one attached hydrogen (secondary N) is 1. The fourth-order valence-corrected chi connectivity index (χ4v) is 3.56. The summed E-state index contributed by atoms with van der Waals surface area (Å²) in [4.78, 5) is 30.4. The lowest BCUT2D eigenvalue weighted by atomic mass is 10.1. The molecule has 2 heterocycles. The highest BCUT2D eigenvalue weighted by Crippen LogP contribution is 2.18. The second-order valence-electron chi connectivity index (χ2n) is 7.44. The summed E-state index contributed by atoms with van der Waals surface area (Å²) in [5.74, 6) is -0.217. The first-order valence-corrected chi connectivity index (χ1v) is 10.0. The van der Waals surface area contributed by atoms with Crippen LogP contribution in [0.4, 0.5) is 5.69 Å². The molecule has 2 aromatic carbocycles. The molecule has 0 aliphatic rings. The zero-order chi connectivity index (χ0) is 21.3. The zero-order valence-electron chi connectivity index (χ0n) is 17.3. The molecule has 0 unspecified atom stereocenters. The molecular weight excluding hydrogens is 376 g/mol. The van der Waals surface area contributed by atoms with Crippen molar-refractivity contribution >= 4 is 22.6 Å². The number of pyridine rings is 1. The van der Waals surface area contributed by atoms with Gasteiger partial charge in [0, 0.05) is 11.9 Å². The van der Waals surface area contributed by atoms with Gasteiger partial charge >= 0.3 is 0 Å². The molecule has 1 N–H and O–H groups in total. The quantitative estimate of drug-likeness (QED) is 0.550. The van der Waals surface area contributed by atoms with Crippen LogP contribution < -0.4 is 10.9 Å². The number of hydrogen-bond donors (Lipinski definition) is 1. The molecule has 0 atom stereocenters. The average molecular weight is 400 g/mol. The second-order valence-corrected chi connectivity index (χ2v) is 7.44. The van der Waals surface area contributed by atoms with Crippen molar-refractivity contribution in [3.8, 4) is 5.69 Å². The van der Waals surface area contributed by atoms with E-state index >= 15 is 0 Å². The van der Waals surface area contributed by atoms with Crippen molar-refractivity contribution in [1.29, 1.82) is 0 Å². The van der Waals surface area contributed by atoms with Gasteiger partial charge in [-0.25, -0.2) is 9.67 Å².